The standard InChI is InChI=1S/C39H38N2O/c1-38(2,3)29-24-31(36(42)32(25-29)39(4,5)6)37-40-33-19-13-14-20-34(33)41(37)35-23-28(26-15-9-7-10-16-26)21-22-30(35)27-17-11-8-12-18-27/h7-25,42H,1-6H3. The third-order valence-electron chi connectivity index (χ3n) is 8.02. The number of imidazole rings is 1. The van der Waals surface area contributed by atoms with Gasteiger partial charge >= 0.3 is 0 Å². The molecular formula is C39H38N2O. The number of phenols is 1. The van der Waals surface area contributed by atoms with Crippen molar-refractivity contribution in [3.05, 3.63) is 126 Å². The molecule has 0 saturated carbocycles. The number of aromatic nitrogens is 2. The lowest BCUT2D eigenvalue weighted by molar-refractivity contribution is 0.446. The van der Waals surface area contributed by atoms with E-state index in [0.29, 0.717) is 0 Å². The molecule has 6 rings (SSSR count). The van der Waals surface area contributed by atoms with Gasteiger partial charge in [0.15, 0.2) is 0 Å². The zero-order valence-corrected chi connectivity index (χ0v) is 25.3. The molecule has 1 aromatic heterocycles. The monoisotopic (exact) mass is 550 g/mol. The Hall–Kier alpha value is -4.63. The second-order valence-electron chi connectivity index (χ2n) is 13.1. The zero-order chi connectivity index (χ0) is 29.6. The van der Waals surface area contributed by atoms with Crippen LogP contribution in [0.25, 0.3) is 50.4 Å². The molecular weight excluding hydrogens is 512 g/mol. The summed E-state index contributed by atoms with van der Waals surface area (Å²) in [5, 5.41) is 11.9. The number of nitrogens with zero attached hydrogens (tertiary/aromatic N) is 2. The van der Waals surface area contributed by atoms with E-state index in [4.69, 9.17) is 4.98 Å². The molecule has 0 atom stereocenters. The number of fused-ring (bicyclic) bond motifs is 1. The van der Waals surface area contributed by atoms with Gasteiger partial charge in [-0.25, -0.2) is 4.98 Å². The van der Waals surface area contributed by atoms with Crippen LogP contribution in [0.2, 0.25) is 0 Å². The van der Waals surface area contributed by atoms with Crippen LogP contribution in [0, 0.1) is 0 Å². The van der Waals surface area contributed by atoms with E-state index in [0.717, 1.165) is 55.9 Å². The number of hydrogen-bond donors (Lipinski definition) is 1. The highest BCUT2D eigenvalue weighted by molar-refractivity contribution is 5.89. The molecule has 3 heteroatoms. The van der Waals surface area contributed by atoms with Crippen LogP contribution >= 0.6 is 0 Å². The van der Waals surface area contributed by atoms with Gasteiger partial charge in [-0.05, 0) is 57.3 Å². The number of rotatable bonds is 4. The van der Waals surface area contributed by atoms with Crippen LogP contribution in [0.1, 0.15) is 52.7 Å². The molecule has 0 fully saturated rings. The fraction of sp³-hybridized carbons (Fsp3) is 0.205. The molecule has 42 heavy (non-hydrogen) atoms. The minimum atomic E-state index is -0.251. The third kappa shape index (κ3) is 5.00. The number of para-hydroxylation sites is 2. The van der Waals surface area contributed by atoms with Gasteiger partial charge in [0.2, 0.25) is 0 Å². The molecule has 1 N–H and O–H groups in total. The minimum absolute atomic E-state index is 0.109. The van der Waals surface area contributed by atoms with Crippen molar-refractivity contribution >= 4 is 11.0 Å². The highest BCUT2D eigenvalue weighted by Crippen LogP contribution is 2.44. The number of benzene rings is 5. The largest absolute Gasteiger partial charge is 0.507 e. The SMILES string of the molecule is CC(C)(C)c1cc(-c2nc3ccccc3n2-c2cc(-c3ccccc3)ccc2-c2ccccc2)c(O)c(C(C)(C)C)c1. The molecule has 0 unspecified atom stereocenters. The molecule has 0 spiro atoms. The van der Waals surface area contributed by atoms with E-state index in [9.17, 15) is 5.11 Å². The van der Waals surface area contributed by atoms with E-state index < -0.39 is 0 Å². The van der Waals surface area contributed by atoms with Gasteiger partial charge in [0.05, 0.1) is 22.3 Å². The molecule has 1 heterocycles. The van der Waals surface area contributed by atoms with Crippen LogP contribution in [0.4, 0.5) is 0 Å². The predicted molar refractivity (Wildman–Crippen MR) is 176 cm³/mol. The van der Waals surface area contributed by atoms with Gasteiger partial charge in [-0.15, -0.1) is 0 Å². The van der Waals surface area contributed by atoms with Crippen molar-refractivity contribution in [2.45, 2.75) is 52.4 Å². The maximum Gasteiger partial charge on any atom is 0.149 e. The van der Waals surface area contributed by atoms with Crippen molar-refractivity contribution in [1.82, 2.24) is 9.55 Å². The summed E-state index contributed by atoms with van der Waals surface area (Å²) >= 11 is 0. The van der Waals surface area contributed by atoms with Gasteiger partial charge < -0.3 is 5.11 Å². The Kier molecular flexibility index (Phi) is 6.77. The molecule has 0 radical (unpaired) electrons. The molecule has 0 bridgehead atoms. The van der Waals surface area contributed by atoms with Crippen molar-refractivity contribution in [2.24, 2.45) is 0 Å². The molecule has 5 aromatic carbocycles. The average molecular weight is 551 g/mol. The Morgan fingerprint density at radius 1 is 0.571 bits per heavy atom. The summed E-state index contributed by atoms with van der Waals surface area (Å²) in [5.74, 6) is 1.01. The summed E-state index contributed by atoms with van der Waals surface area (Å²) in [4.78, 5) is 5.21. The zero-order valence-electron chi connectivity index (χ0n) is 25.3. The minimum Gasteiger partial charge on any atom is -0.507 e. The second kappa shape index (κ2) is 10.3. The third-order valence-corrected chi connectivity index (χ3v) is 8.02. The lowest BCUT2D eigenvalue weighted by Gasteiger charge is -2.27. The van der Waals surface area contributed by atoms with Gasteiger partial charge in [0.1, 0.15) is 11.6 Å². The van der Waals surface area contributed by atoms with Crippen LogP contribution < -0.4 is 0 Å². The first-order valence-corrected chi connectivity index (χ1v) is 14.6. The quantitative estimate of drug-likeness (QED) is 0.237. The summed E-state index contributed by atoms with van der Waals surface area (Å²) in [5.41, 5.74) is 9.86. The number of phenolic OH excluding ortho intramolecular Hbond substituents is 1. The number of aromatic hydroxyl groups is 1. The summed E-state index contributed by atoms with van der Waals surface area (Å²) in [6, 6.07) is 40.1. The first-order valence-electron chi connectivity index (χ1n) is 14.6. The Bertz CT molecular complexity index is 1890. The molecule has 0 aliphatic carbocycles. The Labute approximate surface area is 249 Å². The van der Waals surface area contributed by atoms with E-state index in [1.54, 1.807) is 0 Å². The molecule has 6 aromatic rings. The lowest BCUT2D eigenvalue weighted by atomic mass is 9.79. The normalized spacial score (nSPS) is 12.1. The van der Waals surface area contributed by atoms with Gasteiger partial charge in [-0.2, -0.15) is 0 Å². The van der Waals surface area contributed by atoms with Gasteiger partial charge in [-0.3, -0.25) is 4.57 Å². The van der Waals surface area contributed by atoms with Crippen LogP contribution in [0.5, 0.6) is 5.75 Å². The maximum atomic E-state index is 11.9. The molecule has 0 aliphatic rings. The van der Waals surface area contributed by atoms with Crippen LogP contribution in [0.3, 0.4) is 0 Å². The average Bonchev–Trinajstić information content (AvgIpc) is 3.36. The summed E-state index contributed by atoms with van der Waals surface area (Å²) in [6.45, 7) is 13.1. The van der Waals surface area contributed by atoms with E-state index in [1.807, 2.05) is 24.3 Å². The second-order valence-corrected chi connectivity index (χ2v) is 13.1. The van der Waals surface area contributed by atoms with Gasteiger partial charge in [-0.1, -0.05) is 133 Å². The smallest absolute Gasteiger partial charge is 0.149 e. The van der Waals surface area contributed by atoms with Crippen molar-refractivity contribution < 1.29 is 5.11 Å². The van der Waals surface area contributed by atoms with E-state index in [1.165, 1.54) is 5.56 Å². The van der Waals surface area contributed by atoms with Gasteiger partial charge in [0.25, 0.3) is 0 Å². The van der Waals surface area contributed by atoms with Crippen molar-refractivity contribution in [3.8, 4) is 45.1 Å². The van der Waals surface area contributed by atoms with Crippen LogP contribution in [0.15, 0.2) is 115 Å². The molecule has 3 nitrogen and oxygen atoms in total. The predicted octanol–water partition coefficient (Wildman–Crippen LogP) is 10.3. The highest BCUT2D eigenvalue weighted by atomic mass is 16.3. The molecule has 0 amide bonds. The topological polar surface area (TPSA) is 38.0 Å². The van der Waals surface area contributed by atoms with E-state index in [-0.39, 0.29) is 16.6 Å². The van der Waals surface area contributed by atoms with E-state index >= 15 is 0 Å². The van der Waals surface area contributed by atoms with Crippen molar-refractivity contribution in [1.29, 1.82) is 0 Å². The highest BCUT2D eigenvalue weighted by Gasteiger charge is 2.28. The molecule has 0 aliphatic heterocycles. The maximum absolute atomic E-state index is 11.9. The van der Waals surface area contributed by atoms with Crippen molar-refractivity contribution in [2.75, 3.05) is 0 Å². The fourth-order valence-electron chi connectivity index (χ4n) is 5.65. The fourth-order valence-corrected chi connectivity index (χ4v) is 5.65. The van der Waals surface area contributed by atoms with E-state index in [2.05, 4.69) is 137 Å². The Morgan fingerprint density at radius 3 is 1.83 bits per heavy atom. The molecule has 0 saturated heterocycles. The summed E-state index contributed by atoms with van der Waals surface area (Å²) < 4.78 is 2.23. The summed E-state index contributed by atoms with van der Waals surface area (Å²) in [6.07, 6.45) is 0. The summed E-state index contributed by atoms with van der Waals surface area (Å²) in [7, 11) is 0. The first kappa shape index (κ1) is 27.5. The number of hydrogen-bond acceptors (Lipinski definition) is 2. The van der Waals surface area contributed by atoms with Crippen molar-refractivity contribution in [3.63, 3.8) is 0 Å². The van der Waals surface area contributed by atoms with Crippen LogP contribution in [-0.2, 0) is 10.8 Å². The first-order chi connectivity index (χ1) is 20.0. The molecule has 210 valence electrons. The lowest BCUT2D eigenvalue weighted by Crippen LogP contribution is -2.17. The Balaban J connectivity index is 1.73. The van der Waals surface area contributed by atoms with Crippen LogP contribution in [-0.4, -0.2) is 14.7 Å². The van der Waals surface area contributed by atoms with Gasteiger partial charge in [0, 0.05) is 11.1 Å². The Morgan fingerprint density at radius 2 is 1.19 bits per heavy atom.